The Morgan fingerprint density at radius 3 is 2.62 bits per heavy atom. The van der Waals surface area contributed by atoms with Gasteiger partial charge in [-0.1, -0.05) is 11.6 Å². The maximum Gasteiger partial charge on any atom is 0.337 e. The fraction of sp³-hybridized carbons (Fsp3) is 0.125. The molecule has 1 aromatic carbocycles. The van der Waals surface area contributed by atoms with Crippen LogP contribution >= 0.6 is 24.0 Å². The van der Waals surface area contributed by atoms with Crippen LogP contribution in [-0.4, -0.2) is 18.1 Å². The summed E-state index contributed by atoms with van der Waals surface area (Å²) < 4.78 is 0. The fourth-order valence-corrected chi connectivity index (χ4v) is 1.04. The van der Waals surface area contributed by atoms with E-state index in [1.165, 1.54) is 6.07 Å². The number of hydrogen-bond donors (Lipinski definition) is 2. The lowest BCUT2D eigenvalue weighted by atomic mass is 10.2. The summed E-state index contributed by atoms with van der Waals surface area (Å²) in [7, 11) is 1.72. The van der Waals surface area contributed by atoms with E-state index in [0.29, 0.717) is 0 Å². The number of benzene rings is 1. The van der Waals surface area contributed by atoms with Gasteiger partial charge in [-0.3, -0.25) is 0 Å². The predicted octanol–water partition coefficient (Wildman–Crippen LogP) is 2.50. The molecule has 3 nitrogen and oxygen atoms in total. The van der Waals surface area contributed by atoms with Crippen LogP contribution in [-0.2, 0) is 0 Å². The first-order valence-corrected chi connectivity index (χ1v) is 3.73. The normalized spacial score (nSPS) is 8.77. The van der Waals surface area contributed by atoms with Gasteiger partial charge < -0.3 is 10.4 Å². The molecule has 1 aromatic rings. The van der Waals surface area contributed by atoms with Gasteiger partial charge >= 0.3 is 5.97 Å². The van der Waals surface area contributed by atoms with Crippen LogP contribution in [0, 0.1) is 0 Å². The summed E-state index contributed by atoms with van der Waals surface area (Å²) in [6.45, 7) is 0. The highest BCUT2D eigenvalue weighted by atomic mass is 35.5. The van der Waals surface area contributed by atoms with Gasteiger partial charge in [0.25, 0.3) is 0 Å². The molecule has 0 radical (unpaired) electrons. The topological polar surface area (TPSA) is 49.3 Å². The van der Waals surface area contributed by atoms with E-state index in [2.05, 4.69) is 5.32 Å². The Kier molecular flexibility index (Phi) is 4.59. The van der Waals surface area contributed by atoms with Gasteiger partial charge in [-0.2, -0.15) is 0 Å². The summed E-state index contributed by atoms with van der Waals surface area (Å²) in [6, 6.07) is 4.76. The molecule has 0 spiro atoms. The molecule has 1 rings (SSSR count). The van der Waals surface area contributed by atoms with E-state index >= 15 is 0 Å². The molecule has 0 amide bonds. The van der Waals surface area contributed by atoms with Crippen LogP contribution in [0.2, 0.25) is 5.02 Å². The molecule has 0 unspecified atom stereocenters. The number of anilines is 1. The van der Waals surface area contributed by atoms with Crippen LogP contribution in [0.1, 0.15) is 10.4 Å². The number of nitrogens with one attached hydrogen (secondary N) is 1. The molecule has 5 heteroatoms. The lowest BCUT2D eigenvalue weighted by molar-refractivity contribution is 0.0697. The molecule has 0 aromatic heterocycles. The summed E-state index contributed by atoms with van der Waals surface area (Å²) in [5.74, 6) is -1.02. The third-order valence-corrected chi connectivity index (χ3v) is 1.82. The van der Waals surface area contributed by atoms with E-state index in [1.54, 1.807) is 19.2 Å². The lowest BCUT2D eigenvalue weighted by Gasteiger charge is -2.02. The molecule has 72 valence electrons. The Balaban J connectivity index is 0.00000144. The van der Waals surface area contributed by atoms with Crippen molar-refractivity contribution in [2.75, 3.05) is 12.4 Å². The summed E-state index contributed by atoms with van der Waals surface area (Å²) in [5, 5.41) is 11.8. The quantitative estimate of drug-likeness (QED) is 0.808. The van der Waals surface area contributed by atoms with E-state index in [1.807, 2.05) is 0 Å². The molecule has 0 saturated carbocycles. The Labute approximate surface area is 87.1 Å². The number of halogens is 2. The SMILES string of the molecule is CNc1ccc(Cl)c(C(=O)O)c1.Cl. The second-order valence-corrected chi connectivity index (χ2v) is 2.66. The first-order chi connectivity index (χ1) is 5.65. The minimum Gasteiger partial charge on any atom is -0.478 e. The molecule has 13 heavy (non-hydrogen) atoms. The number of carboxylic acids is 1. The monoisotopic (exact) mass is 221 g/mol. The third kappa shape index (κ3) is 2.79. The Morgan fingerprint density at radius 2 is 2.15 bits per heavy atom. The van der Waals surface area contributed by atoms with Crippen LogP contribution in [0.4, 0.5) is 5.69 Å². The first-order valence-electron chi connectivity index (χ1n) is 3.35. The molecule has 2 N–H and O–H groups in total. The zero-order chi connectivity index (χ0) is 9.14. The molecule has 0 aliphatic rings. The van der Waals surface area contributed by atoms with Crippen molar-refractivity contribution in [3.05, 3.63) is 28.8 Å². The molecular weight excluding hydrogens is 213 g/mol. The molecule has 0 aliphatic carbocycles. The van der Waals surface area contributed by atoms with Crippen LogP contribution in [0.15, 0.2) is 18.2 Å². The predicted molar refractivity (Wildman–Crippen MR) is 55.2 cm³/mol. The van der Waals surface area contributed by atoms with E-state index in [9.17, 15) is 4.79 Å². The Hall–Kier alpha value is -0.930. The van der Waals surface area contributed by atoms with E-state index in [0.717, 1.165) is 5.69 Å². The minimum atomic E-state index is -1.02. The van der Waals surface area contributed by atoms with Gasteiger partial charge in [-0.25, -0.2) is 4.79 Å². The van der Waals surface area contributed by atoms with Crippen molar-refractivity contribution in [2.45, 2.75) is 0 Å². The van der Waals surface area contributed by atoms with Gasteiger partial charge in [0.15, 0.2) is 0 Å². The largest absolute Gasteiger partial charge is 0.478 e. The minimum absolute atomic E-state index is 0. The van der Waals surface area contributed by atoms with Crippen molar-refractivity contribution in [3.63, 3.8) is 0 Å². The van der Waals surface area contributed by atoms with Gasteiger partial charge in [0, 0.05) is 12.7 Å². The van der Waals surface area contributed by atoms with Crippen molar-refractivity contribution < 1.29 is 9.90 Å². The summed E-state index contributed by atoms with van der Waals surface area (Å²) >= 11 is 5.64. The number of hydrogen-bond acceptors (Lipinski definition) is 2. The van der Waals surface area contributed by atoms with Crippen molar-refractivity contribution in [2.24, 2.45) is 0 Å². The zero-order valence-electron chi connectivity index (χ0n) is 6.87. The highest BCUT2D eigenvalue weighted by Crippen LogP contribution is 2.19. The second kappa shape index (κ2) is 4.94. The molecule has 0 atom stereocenters. The van der Waals surface area contributed by atoms with Crippen molar-refractivity contribution in [1.82, 2.24) is 0 Å². The van der Waals surface area contributed by atoms with E-state index < -0.39 is 5.97 Å². The Morgan fingerprint density at radius 1 is 1.54 bits per heavy atom. The van der Waals surface area contributed by atoms with Gasteiger partial charge in [0.2, 0.25) is 0 Å². The van der Waals surface area contributed by atoms with Crippen molar-refractivity contribution in [3.8, 4) is 0 Å². The number of rotatable bonds is 2. The maximum atomic E-state index is 10.6. The number of aromatic carboxylic acids is 1. The highest BCUT2D eigenvalue weighted by molar-refractivity contribution is 6.33. The van der Waals surface area contributed by atoms with Crippen molar-refractivity contribution in [1.29, 1.82) is 0 Å². The van der Waals surface area contributed by atoms with Gasteiger partial charge in [-0.15, -0.1) is 12.4 Å². The molecule has 0 aliphatic heterocycles. The van der Waals surface area contributed by atoms with Crippen LogP contribution in [0.5, 0.6) is 0 Å². The Bertz CT molecular complexity index is 315. The van der Waals surface area contributed by atoms with E-state index in [4.69, 9.17) is 16.7 Å². The average Bonchev–Trinajstić information content (AvgIpc) is 2.05. The molecule has 0 heterocycles. The molecule has 0 saturated heterocycles. The molecule has 0 fully saturated rings. The zero-order valence-corrected chi connectivity index (χ0v) is 8.45. The van der Waals surface area contributed by atoms with Gasteiger partial charge in [0.1, 0.15) is 0 Å². The standard InChI is InChI=1S/C8H8ClNO2.ClH/c1-10-5-2-3-7(9)6(4-5)8(11)12;/h2-4,10H,1H3,(H,11,12);1H. The summed E-state index contributed by atoms with van der Waals surface area (Å²) in [4.78, 5) is 10.6. The maximum absolute atomic E-state index is 10.6. The average molecular weight is 222 g/mol. The third-order valence-electron chi connectivity index (χ3n) is 1.49. The lowest BCUT2D eigenvalue weighted by Crippen LogP contribution is -1.98. The highest BCUT2D eigenvalue weighted by Gasteiger charge is 2.08. The molecule has 0 bridgehead atoms. The van der Waals surface area contributed by atoms with Crippen molar-refractivity contribution >= 4 is 35.7 Å². The smallest absolute Gasteiger partial charge is 0.337 e. The number of carbonyl (C=O) groups is 1. The fourth-order valence-electron chi connectivity index (χ4n) is 0.845. The van der Waals surface area contributed by atoms with E-state index in [-0.39, 0.29) is 23.0 Å². The van der Waals surface area contributed by atoms with Crippen LogP contribution < -0.4 is 5.32 Å². The number of carboxylic acid groups (broad SMARTS) is 1. The summed E-state index contributed by atoms with van der Waals surface area (Å²) in [6.07, 6.45) is 0. The van der Waals surface area contributed by atoms with Gasteiger partial charge in [0.05, 0.1) is 10.6 Å². The summed E-state index contributed by atoms with van der Waals surface area (Å²) in [5.41, 5.74) is 0.848. The van der Waals surface area contributed by atoms with Gasteiger partial charge in [-0.05, 0) is 18.2 Å². The van der Waals surface area contributed by atoms with Crippen LogP contribution in [0.3, 0.4) is 0 Å². The first kappa shape index (κ1) is 12.1. The molecular formula is C8H9Cl2NO2. The van der Waals surface area contributed by atoms with Crippen LogP contribution in [0.25, 0.3) is 0 Å². The second-order valence-electron chi connectivity index (χ2n) is 2.25.